The van der Waals surface area contributed by atoms with Crippen LogP contribution in [0.15, 0.2) is 65.8 Å². The number of ether oxygens (including phenoxy) is 4. The van der Waals surface area contributed by atoms with E-state index < -0.39 is 36.1 Å². The fraction of sp³-hybridized carbons (Fsp3) is 0.267. The lowest BCUT2D eigenvalue weighted by Gasteiger charge is -2.15. The average Bonchev–Trinajstić information content (AvgIpc) is 3.00. The standard InChI is InChI=1S/C30H31F3N4O7/c1-4-43-26-16-20(10-12-24(26)44-18-27(38)36-22-8-6-5-7-21(22)30(31,32)33)17-35-37-29(40)28(39)34-14-13-19-9-11-23(41-2)25(15-19)42-3/h5-12,15-17H,4,13-14,18H2,1-3H3,(H,34,39)(H,36,38)(H,37,40)/b35-17-. The molecule has 11 nitrogen and oxygen atoms in total. The van der Waals surface area contributed by atoms with Gasteiger partial charge in [0, 0.05) is 6.54 Å². The highest BCUT2D eigenvalue weighted by Gasteiger charge is 2.33. The molecule has 0 heterocycles. The highest BCUT2D eigenvalue weighted by Crippen LogP contribution is 2.34. The Bertz CT molecular complexity index is 1500. The van der Waals surface area contributed by atoms with Crippen molar-refractivity contribution in [3.8, 4) is 23.0 Å². The van der Waals surface area contributed by atoms with E-state index in [1.54, 1.807) is 19.1 Å². The van der Waals surface area contributed by atoms with E-state index in [4.69, 9.17) is 18.9 Å². The predicted octanol–water partition coefficient (Wildman–Crippen LogP) is 3.95. The number of alkyl halides is 3. The molecular weight excluding hydrogens is 585 g/mol. The van der Waals surface area contributed by atoms with Crippen LogP contribution >= 0.6 is 0 Å². The van der Waals surface area contributed by atoms with Crippen LogP contribution in [0.5, 0.6) is 23.0 Å². The molecule has 14 heteroatoms. The van der Waals surface area contributed by atoms with Gasteiger partial charge in [-0.3, -0.25) is 14.4 Å². The summed E-state index contributed by atoms with van der Waals surface area (Å²) >= 11 is 0. The molecule has 0 unspecified atom stereocenters. The second-order valence-corrected chi connectivity index (χ2v) is 8.91. The third-order valence-electron chi connectivity index (χ3n) is 5.87. The fourth-order valence-electron chi connectivity index (χ4n) is 3.81. The largest absolute Gasteiger partial charge is 0.493 e. The van der Waals surface area contributed by atoms with Crippen LogP contribution in [-0.2, 0) is 27.0 Å². The Hall–Kier alpha value is -5.27. The molecule has 0 saturated carbocycles. The van der Waals surface area contributed by atoms with Crippen molar-refractivity contribution < 1.29 is 46.5 Å². The van der Waals surface area contributed by atoms with Crippen LogP contribution in [0.2, 0.25) is 0 Å². The van der Waals surface area contributed by atoms with E-state index in [2.05, 4.69) is 21.2 Å². The lowest BCUT2D eigenvalue weighted by Crippen LogP contribution is -2.38. The highest BCUT2D eigenvalue weighted by atomic mass is 19.4. The number of nitrogens with one attached hydrogen (secondary N) is 3. The Morgan fingerprint density at radius 1 is 0.864 bits per heavy atom. The summed E-state index contributed by atoms with van der Waals surface area (Å²) in [5, 5.41) is 8.49. The van der Waals surface area contributed by atoms with Crippen LogP contribution in [0.1, 0.15) is 23.6 Å². The third kappa shape index (κ3) is 9.64. The molecule has 3 N–H and O–H groups in total. The monoisotopic (exact) mass is 616 g/mol. The molecule has 0 atom stereocenters. The lowest BCUT2D eigenvalue weighted by molar-refractivity contribution is -0.139. The summed E-state index contributed by atoms with van der Waals surface area (Å²) in [4.78, 5) is 36.5. The van der Waals surface area contributed by atoms with E-state index in [1.807, 2.05) is 6.07 Å². The summed E-state index contributed by atoms with van der Waals surface area (Å²) in [5.41, 5.74) is 2.09. The Morgan fingerprint density at radius 2 is 1.59 bits per heavy atom. The number of amides is 3. The zero-order valence-electron chi connectivity index (χ0n) is 24.1. The van der Waals surface area contributed by atoms with Gasteiger partial charge in [0.2, 0.25) is 0 Å². The number of hydrazone groups is 1. The minimum Gasteiger partial charge on any atom is -0.493 e. The molecule has 0 spiro atoms. The first-order valence-electron chi connectivity index (χ1n) is 13.2. The number of carbonyl (C=O) groups excluding carboxylic acids is 3. The zero-order chi connectivity index (χ0) is 32.1. The smallest absolute Gasteiger partial charge is 0.418 e. The molecule has 0 aliphatic rings. The van der Waals surface area contributed by atoms with Gasteiger partial charge in [-0.15, -0.1) is 0 Å². The number of anilines is 1. The first-order chi connectivity index (χ1) is 21.0. The number of nitrogens with zero attached hydrogens (tertiary/aromatic N) is 1. The second-order valence-electron chi connectivity index (χ2n) is 8.91. The van der Waals surface area contributed by atoms with Gasteiger partial charge in [0.25, 0.3) is 5.91 Å². The second kappa shape index (κ2) is 15.8. The molecule has 0 radical (unpaired) electrons. The van der Waals surface area contributed by atoms with Gasteiger partial charge in [-0.25, -0.2) is 5.43 Å². The van der Waals surface area contributed by atoms with Gasteiger partial charge in [0.05, 0.1) is 38.3 Å². The molecule has 0 bridgehead atoms. The van der Waals surface area contributed by atoms with Crippen molar-refractivity contribution in [3.05, 3.63) is 77.4 Å². The normalized spacial score (nSPS) is 11.0. The SMILES string of the molecule is CCOc1cc(/C=N\NC(=O)C(=O)NCCc2ccc(OC)c(OC)c2)ccc1OCC(=O)Nc1ccccc1C(F)(F)F. The number of rotatable bonds is 13. The maximum absolute atomic E-state index is 13.2. The maximum Gasteiger partial charge on any atom is 0.418 e. The number of halogens is 3. The van der Waals surface area contributed by atoms with Gasteiger partial charge in [-0.05, 0) is 66.9 Å². The number of hydrogen-bond donors (Lipinski definition) is 3. The zero-order valence-corrected chi connectivity index (χ0v) is 24.1. The average molecular weight is 617 g/mol. The fourth-order valence-corrected chi connectivity index (χ4v) is 3.81. The highest BCUT2D eigenvalue weighted by molar-refractivity contribution is 6.35. The van der Waals surface area contributed by atoms with E-state index in [0.29, 0.717) is 23.5 Å². The van der Waals surface area contributed by atoms with Gasteiger partial charge in [0.15, 0.2) is 29.6 Å². The first-order valence-corrected chi connectivity index (χ1v) is 13.2. The number of benzene rings is 3. The Labute approximate surface area is 251 Å². The molecule has 0 aliphatic heterocycles. The quantitative estimate of drug-likeness (QED) is 0.150. The molecule has 3 aromatic rings. The van der Waals surface area contributed by atoms with Gasteiger partial charge in [-0.2, -0.15) is 18.3 Å². The van der Waals surface area contributed by atoms with Crippen molar-refractivity contribution >= 4 is 29.6 Å². The van der Waals surface area contributed by atoms with Crippen LogP contribution in [-0.4, -0.2) is 57.9 Å². The minimum absolute atomic E-state index is 0.154. The number of methoxy groups -OCH3 is 2. The van der Waals surface area contributed by atoms with Crippen LogP contribution < -0.4 is 35.0 Å². The van der Waals surface area contributed by atoms with Crippen molar-refractivity contribution in [2.75, 3.05) is 39.3 Å². The third-order valence-corrected chi connectivity index (χ3v) is 5.87. The Kier molecular flexibility index (Phi) is 11.9. The maximum atomic E-state index is 13.2. The molecule has 234 valence electrons. The summed E-state index contributed by atoms with van der Waals surface area (Å²) in [6.07, 6.45) is -2.93. The van der Waals surface area contributed by atoms with Crippen LogP contribution in [0, 0.1) is 0 Å². The predicted molar refractivity (Wildman–Crippen MR) is 155 cm³/mol. The van der Waals surface area contributed by atoms with Crippen molar-refractivity contribution in [1.82, 2.24) is 10.7 Å². The molecule has 3 aromatic carbocycles. The van der Waals surface area contributed by atoms with Crippen molar-refractivity contribution in [1.29, 1.82) is 0 Å². The van der Waals surface area contributed by atoms with Crippen molar-refractivity contribution in [3.63, 3.8) is 0 Å². The molecule has 0 aliphatic carbocycles. The summed E-state index contributed by atoms with van der Waals surface area (Å²) < 4.78 is 61.0. The topological polar surface area (TPSA) is 137 Å². The van der Waals surface area contributed by atoms with Crippen LogP contribution in [0.3, 0.4) is 0 Å². The van der Waals surface area contributed by atoms with Crippen LogP contribution in [0.4, 0.5) is 18.9 Å². The van der Waals surface area contributed by atoms with Gasteiger partial charge in [0.1, 0.15) is 0 Å². The molecule has 0 fully saturated rings. The molecule has 3 amide bonds. The number of hydrogen-bond acceptors (Lipinski definition) is 8. The molecular formula is C30H31F3N4O7. The molecule has 3 rings (SSSR count). The summed E-state index contributed by atoms with van der Waals surface area (Å²) in [6, 6.07) is 14.4. The van der Waals surface area contributed by atoms with Gasteiger partial charge >= 0.3 is 18.0 Å². The Balaban J connectivity index is 1.51. The van der Waals surface area contributed by atoms with Crippen molar-refractivity contribution in [2.45, 2.75) is 19.5 Å². The first kappa shape index (κ1) is 33.2. The van der Waals surface area contributed by atoms with E-state index in [9.17, 15) is 27.6 Å². The van der Waals surface area contributed by atoms with Gasteiger partial charge < -0.3 is 29.6 Å². The van der Waals surface area contributed by atoms with E-state index >= 15 is 0 Å². The Morgan fingerprint density at radius 3 is 2.30 bits per heavy atom. The molecule has 44 heavy (non-hydrogen) atoms. The van der Waals surface area contributed by atoms with E-state index in [-0.39, 0.29) is 30.3 Å². The van der Waals surface area contributed by atoms with Crippen molar-refractivity contribution in [2.24, 2.45) is 5.10 Å². The number of para-hydroxylation sites is 1. The van der Waals surface area contributed by atoms with E-state index in [1.165, 1.54) is 50.8 Å². The summed E-state index contributed by atoms with van der Waals surface area (Å²) in [5.74, 6) is -1.16. The summed E-state index contributed by atoms with van der Waals surface area (Å²) in [6.45, 7) is 1.56. The van der Waals surface area contributed by atoms with E-state index in [0.717, 1.165) is 17.7 Å². The number of carbonyl (C=O) groups is 3. The lowest BCUT2D eigenvalue weighted by atomic mass is 10.1. The minimum atomic E-state index is -4.64. The molecule has 0 aromatic heterocycles. The van der Waals surface area contributed by atoms with Gasteiger partial charge in [-0.1, -0.05) is 18.2 Å². The van der Waals surface area contributed by atoms with Crippen LogP contribution in [0.25, 0.3) is 0 Å². The molecule has 0 saturated heterocycles. The summed E-state index contributed by atoms with van der Waals surface area (Å²) in [7, 11) is 3.04.